The Morgan fingerprint density at radius 3 is 1.94 bits per heavy atom. The first-order valence-corrected chi connectivity index (χ1v) is 32.5. The fourth-order valence-electron chi connectivity index (χ4n) is 13.5. The Morgan fingerprint density at radius 1 is 0.622 bits per heavy atom. The molecular formula is C61H88N12O25. The van der Waals surface area contributed by atoms with Crippen molar-refractivity contribution in [3.05, 3.63) is 65.7 Å². The molecule has 26 unspecified atom stereocenters. The molecule has 7 aliphatic heterocycles. The van der Waals surface area contributed by atoms with Crippen molar-refractivity contribution < 1.29 is 123 Å². The number of amides is 6. The number of carbonyl (C=O) groups excluding carboxylic acids is 6. The van der Waals surface area contributed by atoms with Gasteiger partial charge >= 0.3 is 0 Å². The first-order chi connectivity index (χ1) is 46.9. The summed E-state index contributed by atoms with van der Waals surface area (Å²) in [6, 6.07) is 1.26. The molecule has 0 spiro atoms. The van der Waals surface area contributed by atoms with E-state index in [0.29, 0.717) is 5.56 Å². The van der Waals surface area contributed by atoms with Crippen LogP contribution in [0.3, 0.4) is 0 Å². The van der Waals surface area contributed by atoms with Crippen LogP contribution in [0.5, 0.6) is 5.75 Å². The Balaban J connectivity index is 0.919. The second-order valence-corrected chi connectivity index (χ2v) is 25.5. The molecule has 8 aliphatic rings. The van der Waals surface area contributed by atoms with E-state index in [-0.39, 0.29) is 42.8 Å². The van der Waals surface area contributed by atoms with Gasteiger partial charge in [0.05, 0.1) is 58.1 Å². The Bertz CT molecular complexity index is 3140. The lowest BCUT2D eigenvalue weighted by atomic mass is 9.88. The van der Waals surface area contributed by atoms with Gasteiger partial charge in [0.25, 0.3) is 0 Å². The van der Waals surface area contributed by atoms with Crippen LogP contribution >= 0.6 is 0 Å². The third-order valence-corrected chi connectivity index (χ3v) is 19.1. The number of aliphatic hydroxyl groups is 12. The number of fused-ring (bicyclic) bond motifs is 1. The maximum absolute atomic E-state index is 15.3. The first-order valence-electron chi connectivity index (χ1n) is 32.5. The van der Waals surface area contributed by atoms with Crippen LogP contribution in [0.25, 0.3) is 0 Å². The molecule has 0 aromatic heterocycles. The van der Waals surface area contributed by atoms with E-state index in [1.807, 2.05) is 0 Å². The van der Waals surface area contributed by atoms with Crippen LogP contribution in [-0.4, -0.2) is 312 Å². The lowest BCUT2D eigenvalue weighted by molar-refractivity contribution is -0.385. The van der Waals surface area contributed by atoms with Crippen LogP contribution in [0.15, 0.2) is 64.6 Å². The summed E-state index contributed by atoms with van der Waals surface area (Å²) in [6.45, 7) is -2.90. The Kier molecular flexibility index (Phi) is 24.4. The number of ether oxygens (including phenoxy) is 7. The number of hydrogen-bond acceptors (Lipinski definition) is 31. The highest BCUT2D eigenvalue weighted by molar-refractivity contribution is 5.98. The van der Waals surface area contributed by atoms with E-state index in [2.05, 4.69) is 47.2 Å². The molecule has 26 atom stereocenters. The molecule has 1 aliphatic carbocycles. The summed E-state index contributed by atoms with van der Waals surface area (Å²) in [6.07, 6.45) is -25.9. The number of hydrogen-bond donors (Lipinski definition) is 21. The Morgan fingerprint density at radius 2 is 1.28 bits per heavy atom. The fourth-order valence-corrected chi connectivity index (χ4v) is 13.5. The number of nitrogens with zero attached hydrogens (tertiary/aromatic N) is 3. The molecule has 0 bridgehead atoms. The molecule has 2 aromatic rings. The van der Waals surface area contributed by atoms with Gasteiger partial charge in [-0.15, -0.1) is 0 Å². The van der Waals surface area contributed by atoms with Crippen molar-refractivity contribution in [3.63, 3.8) is 0 Å². The summed E-state index contributed by atoms with van der Waals surface area (Å²) in [7, 11) is 0. The van der Waals surface area contributed by atoms with Crippen LogP contribution in [0, 0.1) is 5.92 Å². The van der Waals surface area contributed by atoms with Gasteiger partial charge in [-0.05, 0) is 42.5 Å². The van der Waals surface area contributed by atoms with E-state index < -0.39 is 239 Å². The molecule has 37 nitrogen and oxygen atoms in total. The van der Waals surface area contributed by atoms with Gasteiger partial charge in [-0.2, -0.15) is 0 Å². The van der Waals surface area contributed by atoms with E-state index in [0.717, 1.165) is 30.6 Å². The van der Waals surface area contributed by atoms with E-state index in [1.165, 1.54) is 24.3 Å². The van der Waals surface area contributed by atoms with Crippen molar-refractivity contribution >= 4 is 47.4 Å². The number of carbonyl (C=O) groups is 6. The van der Waals surface area contributed by atoms with Crippen LogP contribution in [0.1, 0.15) is 56.1 Å². The summed E-state index contributed by atoms with van der Waals surface area (Å²) >= 11 is 0. The quantitative estimate of drug-likeness (QED) is 0.0659. The number of aliphatic imine (C=N–C) groups is 2. The normalized spacial score (nSPS) is 38.2. The van der Waals surface area contributed by atoms with Crippen molar-refractivity contribution in [2.75, 3.05) is 46.1 Å². The minimum Gasteiger partial charge on any atom is -0.462 e. The van der Waals surface area contributed by atoms with E-state index in [4.69, 9.17) is 44.6 Å². The SMILES string of the molecule is CCC(c1ccccc1)C1NC(=O)CNC(=O)C(CO)NC(=O)C(C(O)C2CN=C(N)N2C2OC(CO)C(O)C(O)C2O)NC(=O)C(C(O)C2CN=C(N)N2)NC(=O)C(Cc2ccc(OC3OC(CO)C(OC4OC5COC(C6CCCC6)OC5C(O)C4O)C(O)C3O)cc2)NC1=O. The molecule has 542 valence electrons. The summed E-state index contributed by atoms with van der Waals surface area (Å²) in [5, 5.41) is 151. The van der Waals surface area contributed by atoms with E-state index in [9.17, 15) is 75.7 Å². The molecule has 7 heterocycles. The maximum Gasteiger partial charge on any atom is 0.246 e. The van der Waals surface area contributed by atoms with Crippen molar-refractivity contribution in [1.29, 1.82) is 0 Å². The second kappa shape index (κ2) is 32.5. The molecule has 37 heteroatoms. The van der Waals surface area contributed by atoms with Crippen molar-refractivity contribution in [3.8, 4) is 5.75 Å². The van der Waals surface area contributed by atoms with E-state index >= 15 is 14.4 Å². The number of aliphatic hydroxyl groups excluding tert-OH is 12. The highest BCUT2D eigenvalue weighted by Crippen LogP contribution is 2.38. The summed E-state index contributed by atoms with van der Waals surface area (Å²) in [5.74, 6) is -8.64. The topological polar surface area (TPSA) is 574 Å². The number of guanidine groups is 2. The van der Waals surface area contributed by atoms with Crippen molar-refractivity contribution in [2.45, 2.75) is 204 Å². The zero-order valence-electron chi connectivity index (χ0n) is 53.1. The van der Waals surface area contributed by atoms with Gasteiger partial charge in [0, 0.05) is 18.3 Å². The molecule has 10 rings (SSSR count). The Labute approximate surface area is 560 Å². The van der Waals surface area contributed by atoms with Crippen molar-refractivity contribution in [2.24, 2.45) is 27.4 Å². The molecule has 6 amide bonds. The predicted octanol–water partition coefficient (Wildman–Crippen LogP) is -10.6. The second-order valence-electron chi connectivity index (χ2n) is 25.5. The van der Waals surface area contributed by atoms with Gasteiger partial charge in [-0.25, -0.2) is 0 Å². The molecule has 98 heavy (non-hydrogen) atoms. The monoisotopic (exact) mass is 1390 g/mol. The Hall–Kier alpha value is -7.12. The molecule has 2 aromatic carbocycles. The first kappa shape index (κ1) is 73.6. The average Bonchev–Trinajstić information content (AvgIpc) is 1.42. The largest absolute Gasteiger partial charge is 0.462 e. The number of nitrogens with one attached hydrogen (secondary N) is 7. The lowest BCUT2D eigenvalue weighted by Crippen LogP contribution is -2.70. The molecule has 5 saturated heterocycles. The van der Waals surface area contributed by atoms with E-state index in [1.54, 1.807) is 37.3 Å². The molecule has 23 N–H and O–H groups in total. The third-order valence-electron chi connectivity index (χ3n) is 19.1. The third kappa shape index (κ3) is 16.2. The van der Waals surface area contributed by atoms with Gasteiger partial charge in [0.15, 0.2) is 30.7 Å². The smallest absolute Gasteiger partial charge is 0.246 e. The summed E-state index contributed by atoms with van der Waals surface area (Å²) in [5.41, 5.74) is 13.0. The molecule has 1 saturated carbocycles. The maximum atomic E-state index is 15.3. The molecule has 6 fully saturated rings. The van der Waals surface area contributed by atoms with Crippen LogP contribution in [-0.2, 0) is 63.6 Å². The zero-order chi connectivity index (χ0) is 70.4. The highest BCUT2D eigenvalue weighted by Gasteiger charge is 2.56. The lowest BCUT2D eigenvalue weighted by Gasteiger charge is -2.49. The fraction of sp³-hybridized carbons (Fsp3) is 0.672. The minimum absolute atomic E-state index is 0.00451. The number of nitrogens with two attached hydrogens (primary N) is 2. The predicted molar refractivity (Wildman–Crippen MR) is 331 cm³/mol. The van der Waals surface area contributed by atoms with Gasteiger partial charge in [0.1, 0.15) is 121 Å². The van der Waals surface area contributed by atoms with Crippen LogP contribution in [0.2, 0.25) is 0 Å². The van der Waals surface area contributed by atoms with Crippen LogP contribution < -0.4 is 53.4 Å². The van der Waals surface area contributed by atoms with Gasteiger partial charge in [-0.1, -0.05) is 62.2 Å². The van der Waals surface area contributed by atoms with Gasteiger partial charge in [0.2, 0.25) is 41.7 Å². The number of rotatable bonds is 18. The summed E-state index contributed by atoms with van der Waals surface area (Å²) < 4.78 is 41.5. The summed E-state index contributed by atoms with van der Waals surface area (Å²) in [4.78, 5) is 96.9. The van der Waals surface area contributed by atoms with Crippen molar-refractivity contribution in [1.82, 2.24) is 42.1 Å². The highest BCUT2D eigenvalue weighted by atomic mass is 16.8. The zero-order valence-corrected chi connectivity index (χ0v) is 53.1. The average molecular weight is 1390 g/mol. The molecular weight excluding hydrogens is 1300 g/mol. The number of benzene rings is 2. The molecule has 0 radical (unpaired) electrons. The minimum atomic E-state index is -2.34. The van der Waals surface area contributed by atoms with Crippen LogP contribution in [0.4, 0.5) is 0 Å². The van der Waals surface area contributed by atoms with Gasteiger partial charge < -0.3 is 148 Å². The van der Waals surface area contributed by atoms with Gasteiger partial charge in [-0.3, -0.25) is 38.8 Å². The standard InChI is InChI=1S/C61H88N12O25/c1-2-28(25-8-4-3-5-9-25)37-53(89)67-29(16-24-12-14-27(15-13-24)93-58-47(85)44(82)49(34(22-76)95-58)98-59-48(86)45(83)50-35(96-59)23-92-57(97-50)26-10-6-7-11-26)52(88)71-38(40(78)30-17-65-60(62)69-30)55(91)72-39(54(90)68-31(20-74)51(87)64-19-36(77)70-37)41(79)32-18-66-61(63)73(32)56-46(84)43(81)42(80)33(21-75)94-56/h3-5,8-9,12-15,26,28-35,37-50,56-59,74-76,78-86H,2,6-7,10-11,16-23H2,1H3,(H2,63,66)(H,64,87)(H,67,89)(H,68,90)(H,70,77)(H,71,88)(H,72,91)(H3,62,65,69).